The first-order valence-corrected chi connectivity index (χ1v) is 7.01. The van der Waals surface area contributed by atoms with Crippen LogP contribution >= 0.6 is 0 Å². The van der Waals surface area contributed by atoms with Gasteiger partial charge in [-0.1, -0.05) is 18.2 Å². The average molecular weight is 290 g/mol. The quantitative estimate of drug-likeness (QED) is 0.744. The zero-order chi connectivity index (χ0) is 15.5. The van der Waals surface area contributed by atoms with Gasteiger partial charge in [-0.25, -0.2) is 4.79 Å². The van der Waals surface area contributed by atoms with Gasteiger partial charge in [0.25, 0.3) is 0 Å². The van der Waals surface area contributed by atoms with Gasteiger partial charge >= 0.3 is 5.97 Å². The second kappa shape index (κ2) is 5.74. The van der Waals surface area contributed by atoms with Crippen molar-refractivity contribution in [3.8, 4) is 17.2 Å². The molecule has 4 nitrogen and oxygen atoms in total. The first-order valence-electron chi connectivity index (χ1n) is 7.01. The Morgan fingerprint density at radius 3 is 2.55 bits per heavy atom. The average Bonchev–Trinajstić information content (AvgIpc) is 2.98. The van der Waals surface area contributed by atoms with Crippen molar-refractivity contribution in [3.63, 3.8) is 0 Å². The second-order valence-electron chi connectivity index (χ2n) is 4.89. The maximum Gasteiger partial charge on any atom is 0.354 e. The fraction of sp³-hybridized carbons (Fsp3) is 0.111. The van der Waals surface area contributed by atoms with Gasteiger partial charge in [0.05, 0.1) is 18.2 Å². The molecule has 1 aromatic heterocycles. The van der Waals surface area contributed by atoms with Crippen LogP contribution in [0, 0.1) is 11.3 Å². The Bertz CT molecular complexity index is 870. The van der Waals surface area contributed by atoms with E-state index in [9.17, 15) is 4.79 Å². The van der Waals surface area contributed by atoms with Crippen molar-refractivity contribution < 1.29 is 9.53 Å². The lowest BCUT2D eigenvalue weighted by molar-refractivity contribution is 0.0520. The number of aromatic amines is 1. The molecule has 0 aliphatic rings. The minimum atomic E-state index is -0.348. The fourth-order valence-corrected chi connectivity index (χ4v) is 2.37. The van der Waals surface area contributed by atoms with Crippen molar-refractivity contribution in [2.75, 3.05) is 6.61 Å². The molecule has 0 saturated carbocycles. The second-order valence-corrected chi connectivity index (χ2v) is 4.89. The van der Waals surface area contributed by atoms with E-state index in [2.05, 4.69) is 11.1 Å². The molecule has 0 bridgehead atoms. The highest BCUT2D eigenvalue weighted by atomic mass is 16.5. The van der Waals surface area contributed by atoms with Gasteiger partial charge in [-0.05, 0) is 48.4 Å². The molecule has 0 saturated heterocycles. The van der Waals surface area contributed by atoms with E-state index in [1.807, 2.05) is 30.3 Å². The predicted octanol–water partition coefficient (Wildman–Crippen LogP) is 3.88. The Kier molecular flexibility index (Phi) is 3.63. The number of nitriles is 1. The molecular weight excluding hydrogens is 276 g/mol. The Balaban J connectivity index is 1.98. The number of fused-ring (bicyclic) bond motifs is 1. The number of aromatic nitrogens is 1. The van der Waals surface area contributed by atoms with E-state index in [-0.39, 0.29) is 5.97 Å². The topological polar surface area (TPSA) is 65.9 Å². The zero-order valence-electron chi connectivity index (χ0n) is 12.1. The molecular formula is C18H14N2O2. The standard InChI is InChI=1S/C18H14N2O2/c1-2-22-18(21)17-10-15-9-14(7-8-16(15)20-17)13-5-3-12(11-19)4-6-13/h3-10,20H,2H2,1H3. The summed E-state index contributed by atoms with van der Waals surface area (Å²) in [7, 11) is 0. The highest BCUT2D eigenvalue weighted by Crippen LogP contribution is 2.25. The number of nitrogens with one attached hydrogen (secondary N) is 1. The number of ether oxygens (including phenoxy) is 1. The predicted molar refractivity (Wildman–Crippen MR) is 84.4 cm³/mol. The largest absolute Gasteiger partial charge is 0.461 e. The Hall–Kier alpha value is -3.06. The lowest BCUT2D eigenvalue weighted by Crippen LogP contribution is -2.04. The van der Waals surface area contributed by atoms with Crippen LogP contribution in [0.15, 0.2) is 48.5 Å². The maximum absolute atomic E-state index is 11.8. The number of nitrogens with zero attached hydrogens (tertiary/aromatic N) is 1. The molecule has 0 spiro atoms. The first-order chi connectivity index (χ1) is 10.7. The molecule has 0 fully saturated rings. The van der Waals surface area contributed by atoms with Crippen molar-refractivity contribution in [2.45, 2.75) is 6.92 Å². The van der Waals surface area contributed by atoms with Crippen molar-refractivity contribution in [3.05, 3.63) is 59.8 Å². The van der Waals surface area contributed by atoms with E-state index in [1.165, 1.54) is 0 Å². The van der Waals surface area contributed by atoms with Gasteiger partial charge in [0.1, 0.15) is 5.69 Å². The highest BCUT2D eigenvalue weighted by Gasteiger charge is 2.10. The molecule has 3 aromatic rings. The number of esters is 1. The summed E-state index contributed by atoms with van der Waals surface area (Å²) in [6.07, 6.45) is 0. The van der Waals surface area contributed by atoms with Gasteiger partial charge in [0.15, 0.2) is 0 Å². The summed E-state index contributed by atoms with van der Waals surface area (Å²) in [5.41, 5.74) is 4.04. The molecule has 22 heavy (non-hydrogen) atoms. The van der Waals surface area contributed by atoms with Crippen LogP contribution in [0.4, 0.5) is 0 Å². The van der Waals surface area contributed by atoms with Crippen LogP contribution in [-0.2, 0) is 4.74 Å². The Morgan fingerprint density at radius 2 is 1.86 bits per heavy atom. The molecule has 0 amide bonds. The minimum absolute atomic E-state index is 0.348. The van der Waals surface area contributed by atoms with E-state index in [4.69, 9.17) is 10.00 Å². The summed E-state index contributed by atoms with van der Waals surface area (Å²) in [6, 6.07) is 17.2. The van der Waals surface area contributed by atoms with Gasteiger partial charge in [-0.15, -0.1) is 0 Å². The SMILES string of the molecule is CCOC(=O)c1cc2cc(-c3ccc(C#N)cc3)ccc2[nH]1. The summed E-state index contributed by atoms with van der Waals surface area (Å²) in [4.78, 5) is 14.8. The number of hydrogen-bond donors (Lipinski definition) is 1. The maximum atomic E-state index is 11.8. The Labute approximate surface area is 128 Å². The third kappa shape index (κ3) is 2.57. The molecule has 0 atom stereocenters. The summed E-state index contributed by atoms with van der Waals surface area (Å²) in [5.74, 6) is -0.348. The van der Waals surface area contributed by atoms with Gasteiger partial charge < -0.3 is 9.72 Å². The van der Waals surface area contributed by atoms with Crippen LogP contribution in [0.2, 0.25) is 0 Å². The molecule has 108 valence electrons. The molecule has 1 N–H and O–H groups in total. The van der Waals surface area contributed by atoms with Crippen LogP contribution in [0.5, 0.6) is 0 Å². The van der Waals surface area contributed by atoms with Crippen molar-refractivity contribution in [1.82, 2.24) is 4.98 Å². The van der Waals surface area contributed by atoms with Crippen LogP contribution < -0.4 is 0 Å². The van der Waals surface area contributed by atoms with E-state index in [0.29, 0.717) is 17.9 Å². The number of benzene rings is 2. The van der Waals surface area contributed by atoms with E-state index in [0.717, 1.165) is 22.0 Å². The Morgan fingerprint density at radius 1 is 1.14 bits per heavy atom. The molecule has 1 heterocycles. The van der Waals surface area contributed by atoms with Gasteiger partial charge in [0, 0.05) is 10.9 Å². The molecule has 0 unspecified atom stereocenters. The van der Waals surface area contributed by atoms with E-state index >= 15 is 0 Å². The lowest BCUT2D eigenvalue weighted by Gasteiger charge is -2.01. The minimum Gasteiger partial charge on any atom is -0.461 e. The highest BCUT2D eigenvalue weighted by molar-refractivity contribution is 5.96. The van der Waals surface area contributed by atoms with Crippen molar-refractivity contribution in [2.24, 2.45) is 0 Å². The molecule has 0 radical (unpaired) electrons. The first kappa shape index (κ1) is 13.9. The van der Waals surface area contributed by atoms with E-state index < -0.39 is 0 Å². The normalized spacial score (nSPS) is 10.4. The lowest BCUT2D eigenvalue weighted by atomic mass is 10.0. The molecule has 0 aliphatic heterocycles. The zero-order valence-corrected chi connectivity index (χ0v) is 12.1. The van der Waals surface area contributed by atoms with Crippen LogP contribution in [0.25, 0.3) is 22.0 Å². The van der Waals surface area contributed by atoms with Crippen molar-refractivity contribution in [1.29, 1.82) is 5.26 Å². The van der Waals surface area contributed by atoms with Crippen molar-refractivity contribution >= 4 is 16.9 Å². The smallest absolute Gasteiger partial charge is 0.354 e. The van der Waals surface area contributed by atoms with E-state index in [1.54, 1.807) is 25.1 Å². The number of H-pyrrole nitrogens is 1. The van der Waals surface area contributed by atoms with Crippen LogP contribution in [0.1, 0.15) is 23.0 Å². The van der Waals surface area contributed by atoms with Crippen LogP contribution in [0.3, 0.4) is 0 Å². The van der Waals surface area contributed by atoms with Gasteiger partial charge in [0.2, 0.25) is 0 Å². The summed E-state index contributed by atoms with van der Waals surface area (Å²) in [6.45, 7) is 2.13. The number of rotatable bonds is 3. The molecule has 4 heteroatoms. The molecule has 0 aliphatic carbocycles. The monoisotopic (exact) mass is 290 g/mol. The summed E-state index contributed by atoms with van der Waals surface area (Å²) < 4.78 is 5.00. The van der Waals surface area contributed by atoms with Gasteiger partial charge in [-0.2, -0.15) is 5.26 Å². The fourth-order valence-electron chi connectivity index (χ4n) is 2.37. The van der Waals surface area contributed by atoms with Crippen LogP contribution in [-0.4, -0.2) is 17.6 Å². The molecule has 3 rings (SSSR count). The van der Waals surface area contributed by atoms with Gasteiger partial charge in [-0.3, -0.25) is 0 Å². The number of carbonyl (C=O) groups is 1. The summed E-state index contributed by atoms with van der Waals surface area (Å²) in [5, 5.41) is 9.79. The number of carbonyl (C=O) groups excluding carboxylic acids is 1. The third-order valence-corrected chi connectivity index (χ3v) is 3.46. The number of hydrogen-bond acceptors (Lipinski definition) is 3. The summed E-state index contributed by atoms with van der Waals surface area (Å²) >= 11 is 0. The molecule has 2 aromatic carbocycles. The third-order valence-electron chi connectivity index (χ3n) is 3.46.